The fraction of sp³-hybridized carbons (Fsp3) is 0.636. The third kappa shape index (κ3) is 6.63. The van der Waals surface area contributed by atoms with E-state index in [4.69, 9.17) is 4.74 Å². The van der Waals surface area contributed by atoms with Crippen LogP contribution in [-0.4, -0.2) is 69.1 Å². The minimum atomic E-state index is -0.500. The van der Waals surface area contributed by atoms with E-state index in [0.717, 1.165) is 70.6 Å². The number of benzene rings is 1. The predicted molar refractivity (Wildman–Crippen MR) is 114 cm³/mol. The van der Waals surface area contributed by atoms with Crippen molar-refractivity contribution in [3.05, 3.63) is 24.3 Å². The van der Waals surface area contributed by atoms with Gasteiger partial charge in [0.05, 0.1) is 7.11 Å². The van der Waals surface area contributed by atoms with Gasteiger partial charge in [0, 0.05) is 44.5 Å². The zero-order chi connectivity index (χ0) is 20.5. The molecule has 2 fully saturated rings. The molecule has 2 aliphatic rings. The number of hydrogen-bond donors (Lipinski definition) is 2. The van der Waals surface area contributed by atoms with E-state index < -0.39 is 11.8 Å². The van der Waals surface area contributed by atoms with Gasteiger partial charge >= 0.3 is 11.8 Å². The van der Waals surface area contributed by atoms with Gasteiger partial charge in [-0.15, -0.1) is 0 Å². The van der Waals surface area contributed by atoms with E-state index in [0.29, 0.717) is 6.54 Å². The first-order valence-corrected chi connectivity index (χ1v) is 10.9. The van der Waals surface area contributed by atoms with Crippen LogP contribution in [0.2, 0.25) is 0 Å². The monoisotopic (exact) mass is 402 g/mol. The number of rotatable bonds is 7. The molecule has 0 radical (unpaired) electrons. The van der Waals surface area contributed by atoms with Crippen molar-refractivity contribution in [2.45, 2.75) is 44.6 Å². The molecule has 3 rings (SSSR count). The van der Waals surface area contributed by atoms with E-state index in [1.807, 2.05) is 12.1 Å². The van der Waals surface area contributed by atoms with Crippen LogP contribution < -0.4 is 20.3 Å². The van der Waals surface area contributed by atoms with Gasteiger partial charge in [-0.2, -0.15) is 0 Å². The molecule has 7 heteroatoms. The van der Waals surface area contributed by atoms with Crippen LogP contribution in [0, 0.1) is 0 Å². The molecular weight excluding hydrogens is 368 g/mol. The number of nitrogens with one attached hydrogen (secondary N) is 2. The first-order chi connectivity index (χ1) is 14.2. The molecule has 160 valence electrons. The highest BCUT2D eigenvalue weighted by atomic mass is 16.5. The lowest BCUT2D eigenvalue weighted by Crippen LogP contribution is -2.47. The summed E-state index contributed by atoms with van der Waals surface area (Å²) < 4.78 is 5.22. The summed E-state index contributed by atoms with van der Waals surface area (Å²) in [6.07, 6.45) is 6.33. The van der Waals surface area contributed by atoms with Gasteiger partial charge in [-0.25, -0.2) is 0 Å². The highest BCUT2D eigenvalue weighted by Crippen LogP contribution is 2.20. The molecule has 1 aliphatic carbocycles. The van der Waals surface area contributed by atoms with Crippen molar-refractivity contribution >= 4 is 17.5 Å². The largest absolute Gasteiger partial charge is 0.497 e. The molecule has 1 saturated heterocycles. The van der Waals surface area contributed by atoms with Crippen LogP contribution in [0.3, 0.4) is 0 Å². The van der Waals surface area contributed by atoms with Crippen molar-refractivity contribution < 1.29 is 14.3 Å². The molecule has 0 unspecified atom stereocenters. The van der Waals surface area contributed by atoms with E-state index in [1.165, 1.54) is 12.1 Å². The van der Waals surface area contributed by atoms with E-state index in [1.54, 1.807) is 7.11 Å². The standard InChI is InChI=1S/C22H34N4O3/c1-29-20-10-8-19(9-11-20)26-16-14-25(15-17-26)13-5-12-23-21(27)22(28)24-18-6-3-2-4-7-18/h8-11,18H,2-7,12-17H2,1H3,(H,23,27)(H,24,28). The number of anilines is 1. The SMILES string of the molecule is COc1ccc(N2CCN(CCCNC(=O)C(=O)NC3CCCCC3)CC2)cc1. The number of carbonyl (C=O) groups excluding carboxylic acids is 2. The van der Waals surface area contributed by atoms with Crippen molar-refractivity contribution in [2.75, 3.05) is 51.3 Å². The molecule has 7 nitrogen and oxygen atoms in total. The summed E-state index contributed by atoms with van der Waals surface area (Å²) in [5.74, 6) is -0.105. The number of amides is 2. The highest BCUT2D eigenvalue weighted by molar-refractivity contribution is 6.35. The lowest BCUT2D eigenvalue weighted by molar-refractivity contribution is -0.139. The van der Waals surface area contributed by atoms with Crippen LogP contribution in [0.1, 0.15) is 38.5 Å². The molecule has 2 N–H and O–H groups in total. The first kappa shape index (κ1) is 21.4. The number of ether oxygens (including phenoxy) is 1. The van der Waals surface area contributed by atoms with Gasteiger partial charge in [0.15, 0.2) is 0 Å². The van der Waals surface area contributed by atoms with E-state index in [2.05, 4.69) is 32.6 Å². The summed E-state index contributed by atoms with van der Waals surface area (Å²) in [6.45, 7) is 5.45. The number of piperazine rings is 1. The number of methoxy groups -OCH3 is 1. The minimum Gasteiger partial charge on any atom is -0.497 e. The summed E-state index contributed by atoms with van der Waals surface area (Å²) in [7, 11) is 1.68. The van der Waals surface area contributed by atoms with Gasteiger partial charge in [-0.1, -0.05) is 19.3 Å². The third-order valence-electron chi connectivity index (χ3n) is 5.89. The Morgan fingerprint density at radius 1 is 1.00 bits per heavy atom. The van der Waals surface area contributed by atoms with Crippen molar-refractivity contribution in [2.24, 2.45) is 0 Å². The molecule has 1 heterocycles. The summed E-state index contributed by atoms with van der Waals surface area (Å²) in [5, 5.41) is 5.62. The summed E-state index contributed by atoms with van der Waals surface area (Å²) in [4.78, 5) is 28.7. The van der Waals surface area contributed by atoms with Gasteiger partial charge < -0.3 is 20.3 Å². The van der Waals surface area contributed by atoms with Gasteiger partial charge in [0.1, 0.15) is 5.75 Å². The summed E-state index contributed by atoms with van der Waals surface area (Å²) in [6, 6.07) is 8.36. The van der Waals surface area contributed by atoms with Crippen LogP contribution in [0.4, 0.5) is 5.69 Å². The molecule has 1 saturated carbocycles. The van der Waals surface area contributed by atoms with Crippen LogP contribution in [0.15, 0.2) is 24.3 Å². The van der Waals surface area contributed by atoms with E-state index >= 15 is 0 Å². The Labute approximate surface area is 173 Å². The van der Waals surface area contributed by atoms with Gasteiger partial charge in [0.2, 0.25) is 0 Å². The molecule has 0 aromatic heterocycles. The smallest absolute Gasteiger partial charge is 0.309 e. The maximum absolute atomic E-state index is 12.0. The Bertz CT molecular complexity index is 651. The number of nitrogens with zero attached hydrogens (tertiary/aromatic N) is 2. The molecule has 1 aromatic carbocycles. The molecule has 1 aliphatic heterocycles. The normalized spacial score (nSPS) is 18.3. The van der Waals surface area contributed by atoms with Gasteiger partial charge in [-0.3, -0.25) is 14.5 Å². The van der Waals surface area contributed by atoms with Crippen LogP contribution in [-0.2, 0) is 9.59 Å². The molecule has 0 atom stereocenters. The Kier molecular flexibility index (Phi) is 8.16. The van der Waals surface area contributed by atoms with Crippen LogP contribution in [0.5, 0.6) is 5.75 Å². The zero-order valence-electron chi connectivity index (χ0n) is 17.5. The maximum Gasteiger partial charge on any atom is 0.309 e. The van der Waals surface area contributed by atoms with Crippen LogP contribution >= 0.6 is 0 Å². The molecule has 2 amide bonds. The molecule has 0 spiro atoms. The van der Waals surface area contributed by atoms with E-state index in [9.17, 15) is 9.59 Å². The fourth-order valence-electron chi connectivity index (χ4n) is 4.11. The summed E-state index contributed by atoms with van der Waals surface area (Å²) in [5.41, 5.74) is 1.22. The molecule has 1 aromatic rings. The number of hydrogen-bond acceptors (Lipinski definition) is 5. The molecular formula is C22H34N4O3. The first-order valence-electron chi connectivity index (χ1n) is 10.9. The zero-order valence-corrected chi connectivity index (χ0v) is 17.5. The van der Waals surface area contributed by atoms with Gasteiger partial charge in [0.25, 0.3) is 0 Å². The second-order valence-electron chi connectivity index (χ2n) is 7.94. The lowest BCUT2D eigenvalue weighted by Gasteiger charge is -2.36. The quantitative estimate of drug-likeness (QED) is 0.537. The maximum atomic E-state index is 12.0. The van der Waals surface area contributed by atoms with Crippen molar-refractivity contribution in [3.8, 4) is 5.75 Å². The van der Waals surface area contributed by atoms with Crippen molar-refractivity contribution in [1.82, 2.24) is 15.5 Å². The average Bonchev–Trinajstić information content (AvgIpc) is 2.77. The Morgan fingerprint density at radius 2 is 1.69 bits per heavy atom. The van der Waals surface area contributed by atoms with E-state index in [-0.39, 0.29) is 6.04 Å². The lowest BCUT2D eigenvalue weighted by atomic mass is 9.95. The predicted octanol–water partition coefficient (Wildman–Crippen LogP) is 1.77. The third-order valence-corrected chi connectivity index (χ3v) is 5.89. The fourth-order valence-corrected chi connectivity index (χ4v) is 4.11. The Hall–Kier alpha value is -2.28. The molecule has 0 bridgehead atoms. The van der Waals surface area contributed by atoms with Crippen LogP contribution in [0.25, 0.3) is 0 Å². The second kappa shape index (κ2) is 11.0. The van der Waals surface area contributed by atoms with Gasteiger partial charge in [-0.05, 0) is 50.1 Å². The Balaban J connectivity index is 1.28. The minimum absolute atomic E-state index is 0.170. The van der Waals surface area contributed by atoms with Crippen molar-refractivity contribution in [3.63, 3.8) is 0 Å². The molecule has 29 heavy (non-hydrogen) atoms. The summed E-state index contributed by atoms with van der Waals surface area (Å²) >= 11 is 0. The average molecular weight is 403 g/mol. The van der Waals surface area contributed by atoms with Crippen molar-refractivity contribution in [1.29, 1.82) is 0 Å². The highest BCUT2D eigenvalue weighted by Gasteiger charge is 2.20. The number of carbonyl (C=O) groups is 2. The topological polar surface area (TPSA) is 73.9 Å². The Morgan fingerprint density at radius 3 is 2.34 bits per heavy atom. The second-order valence-corrected chi connectivity index (χ2v) is 7.94.